The van der Waals surface area contributed by atoms with Gasteiger partial charge in [-0.15, -0.1) is 0 Å². The van der Waals surface area contributed by atoms with Crippen LogP contribution in [0.25, 0.3) is 11.2 Å². The molecular weight excluding hydrogens is 294 g/mol. The first-order chi connectivity index (χ1) is 10.7. The molecule has 0 aliphatic rings. The SMILES string of the molecule is Cc1ccc(NC(=S)C(C#N)c2nc3ncccc3[nH]2)cc1. The Labute approximate surface area is 133 Å². The third kappa shape index (κ3) is 2.80. The van der Waals surface area contributed by atoms with Gasteiger partial charge in [0.05, 0.1) is 11.6 Å². The maximum absolute atomic E-state index is 9.44. The summed E-state index contributed by atoms with van der Waals surface area (Å²) in [5.74, 6) is -0.147. The molecule has 0 spiro atoms. The van der Waals surface area contributed by atoms with Crippen molar-refractivity contribution in [1.82, 2.24) is 15.0 Å². The van der Waals surface area contributed by atoms with Crippen molar-refractivity contribution in [2.24, 2.45) is 0 Å². The summed E-state index contributed by atoms with van der Waals surface area (Å²) >= 11 is 5.36. The fraction of sp³-hybridized carbons (Fsp3) is 0.125. The Balaban J connectivity index is 1.85. The van der Waals surface area contributed by atoms with Crippen LogP contribution in [0.3, 0.4) is 0 Å². The zero-order valence-corrected chi connectivity index (χ0v) is 12.7. The highest BCUT2D eigenvalue weighted by Gasteiger charge is 2.20. The van der Waals surface area contributed by atoms with Crippen LogP contribution in [0.4, 0.5) is 5.69 Å². The van der Waals surface area contributed by atoms with Crippen LogP contribution >= 0.6 is 12.2 Å². The molecule has 0 saturated carbocycles. The third-order valence-electron chi connectivity index (χ3n) is 3.26. The molecule has 2 N–H and O–H groups in total. The van der Waals surface area contributed by atoms with Crippen molar-refractivity contribution in [2.75, 3.05) is 5.32 Å². The fourth-order valence-corrected chi connectivity index (χ4v) is 2.38. The minimum atomic E-state index is -0.648. The van der Waals surface area contributed by atoms with E-state index in [1.165, 1.54) is 0 Å². The monoisotopic (exact) mass is 307 g/mol. The molecule has 22 heavy (non-hydrogen) atoms. The van der Waals surface area contributed by atoms with Crippen molar-refractivity contribution in [3.05, 3.63) is 54.0 Å². The lowest BCUT2D eigenvalue weighted by molar-refractivity contribution is 1.01. The molecule has 5 nitrogen and oxygen atoms in total. The number of pyridine rings is 1. The van der Waals surface area contributed by atoms with Gasteiger partial charge in [0.15, 0.2) is 11.6 Å². The Morgan fingerprint density at radius 2 is 2.09 bits per heavy atom. The van der Waals surface area contributed by atoms with Gasteiger partial charge in [0.25, 0.3) is 0 Å². The second-order valence-electron chi connectivity index (χ2n) is 4.91. The molecule has 0 aliphatic carbocycles. The van der Waals surface area contributed by atoms with Crippen molar-refractivity contribution >= 4 is 34.1 Å². The van der Waals surface area contributed by atoms with E-state index in [1.54, 1.807) is 6.20 Å². The summed E-state index contributed by atoms with van der Waals surface area (Å²) in [6.07, 6.45) is 1.66. The highest BCUT2D eigenvalue weighted by Crippen LogP contribution is 2.19. The number of aromatic amines is 1. The van der Waals surface area contributed by atoms with E-state index in [9.17, 15) is 5.26 Å². The van der Waals surface area contributed by atoms with E-state index >= 15 is 0 Å². The Kier molecular flexibility index (Phi) is 3.81. The fourth-order valence-electron chi connectivity index (χ4n) is 2.10. The largest absolute Gasteiger partial charge is 0.349 e. The number of nitrogens with zero attached hydrogens (tertiary/aromatic N) is 3. The number of aromatic nitrogens is 3. The number of rotatable bonds is 3. The van der Waals surface area contributed by atoms with Crippen LogP contribution in [0.15, 0.2) is 42.6 Å². The van der Waals surface area contributed by atoms with Crippen molar-refractivity contribution in [3.8, 4) is 6.07 Å². The van der Waals surface area contributed by atoms with Crippen LogP contribution < -0.4 is 5.32 Å². The van der Waals surface area contributed by atoms with Crippen LogP contribution in [0.5, 0.6) is 0 Å². The first-order valence-corrected chi connectivity index (χ1v) is 7.16. The number of aryl methyl sites for hydroxylation is 1. The molecule has 2 heterocycles. The smallest absolute Gasteiger partial charge is 0.177 e. The van der Waals surface area contributed by atoms with Gasteiger partial charge in [0.1, 0.15) is 10.8 Å². The van der Waals surface area contributed by atoms with Gasteiger partial charge in [-0.1, -0.05) is 29.9 Å². The molecule has 0 amide bonds. The van der Waals surface area contributed by atoms with Crippen LogP contribution in [-0.4, -0.2) is 19.9 Å². The number of nitriles is 1. The summed E-state index contributed by atoms with van der Waals surface area (Å²) in [6, 6.07) is 13.7. The molecule has 1 unspecified atom stereocenters. The predicted molar refractivity (Wildman–Crippen MR) is 89.6 cm³/mol. The van der Waals surface area contributed by atoms with Gasteiger partial charge in [-0.25, -0.2) is 9.97 Å². The van der Waals surface area contributed by atoms with Gasteiger partial charge in [0, 0.05) is 11.9 Å². The van der Waals surface area contributed by atoms with Gasteiger partial charge in [-0.05, 0) is 31.2 Å². The molecule has 1 aromatic carbocycles. The lowest BCUT2D eigenvalue weighted by Gasteiger charge is -2.11. The average molecular weight is 307 g/mol. The van der Waals surface area contributed by atoms with E-state index in [4.69, 9.17) is 12.2 Å². The van der Waals surface area contributed by atoms with Crippen LogP contribution in [-0.2, 0) is 0 Å². The number of nitrogens with one attached hydrogen (secondary N) is 2. The highest BCUT2D eigenvalue weighted by atomic mass is 32.1. The van der Waals surface area contributed by atoms with E-state index in [2.05, 4.69) is 26.3 Å². The summed E-state index contributed by atoms with van der Waals surface area (Å²) in [6.45, 7) is 2.02. The number of benzene rings is 1. The first kappa shape index (κ1) is 14.2. The molecule has 0 fully saturated rings. The number of fused-ring (bicyclic) bond motifs is 1. The molecule has 0 aliphatic heterocycles. The number of hydrogen-bond acceptors (Lipinski definition) is 4. The minimum Gasteiger partial charge on any atom is -0.349 e. The first-order valence-electron chi connectivity index (χ1n) is 6.75. The number of hydrogen-bond donors (Lipinski definition) is 2. The molecule has 2 aromatic heterocycles. The number of H-pyrrole nitrogens is 1. The summed E-state index contributed by atoms with van der Waals surface area (Å²) in [4.78, 5) is 12.0. The topological polar surface area (TPSA) is 77.4 Å². The van der Waals surface area contributed by atoms with E-state index in [1.807, 2.05) is 43.3 Å². The van der Waals surface area contributed by atoms with E-state index in [-0.39, 0.29) is 0 Å². The van der Waals surface area contributed by atoms with E-state index in [0.717, 1.165) is 16.8 Å². The van der Waals surface area contributed by atoms with Crippen LogP contribution in [0.2, 0.25) is 0 Å². The highest BCUT2D eigenvalue weighted by molar-refractivity contribution is 7.80. The van der Waals surface area contributed by atoms with Crippen LogP contribution in [0, 0.1) is 18.3 Å². The van der Waals surface area contributed by atoms with E-state index in [0.29, 0.717) is 16.5 Å². The second kappa shape index (κ2) is 5.92. The number of imidazole rings is 1. The maximum Gasteiger partial charge on any atom is 0.177 e. The zero-order valence-electron chi connectivity index (χ0n) is 11.9. The van der Waals surface area contributed by atoms with Gasteiger partial charge in [0.2, 0.25) is 0 Å². The Morgan fingerprint density at radius 3 is 2.77 bits per heavy atom. The molecule has 1 atom stereocenters. The molecule has 0 bridgehead atoms. The number of thiocarbonyl (C=S) groups is 1. The van der Waals surface area contributed by atoms with Gasteiger partial charge >= 0.3 is 0 Å². The summed E-state index contributed by atoms with van der Waals surface area (Å²) in [7, 11) is 0. The number of anilines is 1. The molecular formula is C16H13N5S. The Morgan fingerprint density at radius 1 is 1.32 bits per heavy atom. The average Bonchev–Trinajstić information content (AvgIpc) is 2.94. The van der Waals surface area contributed by atoms with Crippen molar-refractivity contribution < 1.29 is 0 Å². The molecule has 0 saturated heterocycles. The normalized spacial score (nSPS) is 11.8. The summed E-state index contributed by atoms with van der Waals surface area (Å²) in [5.41, 5.74) is 3.38. The third-order valence-corrected chi connectivity index (χ3v) is 3.60. The summed E-state index contributed by atoms with van der Waals surface area (Å²) < 4.78 is 0. The molecule has 0 radical (unpaired) electrons. The Bertz CT molecular complexity index is 827. The Hall–Kier alpha value is -2.78. The molecule has 3 aromatic rings. The zero-order chi connectivity index (χ0) is 15.5. The lowest BCUT2D eigenvalue weighted by atomic mass is 10.1. The van der Waals surface area contributed by atoms with Crippen LogP contribution in [0.1, 0.15) is 17.3 Å². The standard InChI is InChI=1S/C16H13N5S/c1-10-4-6-11(7-5-10)19-16(22)12(9-17)14-20-13-3-2-8-18-15(13)21-14/h2-8,12H,1H3,(H,19,22)(H,18,20,21). The quantitative estimate of drug-likeness (QED) is 0.726. The van der Waals surface area contributed by atoms with Gasteiger partial charge in [-0.2, -0.15) is 5.26 Å². The van der Waals surface area contributed by atoms with Gasteiger partial charge in [-0.3, -0.25) is 0 Å². The van der Waals surface area contributed by atoms with Crippen molar-refractivity contribution in [3.63, 3.8) is 0 Å². The van der Waals surface area contributed by atoms with Gasteiger partial charge < -0.3 is 10.3 Å². The predicted octanol–water partition coefficient (Wildman–Crippen LogP) is 3.31. The minimum absolute atomic E-state index is 0.408. The summed E-state index contributed by atoms with van der Waals surface area (Å²) in [5, 5.41) is 12.5. The van der Waals surface area contributed by atoms with E-state index < -0.39 is 5.92 Å². The second-order valence-corrected chi connectivity index (χ2v) is 5.35. The van der Waals surface area contributed by atoms with Crippen molar-refractivity contribution in [2.45, 2.75) is 12.8 Å². The molecule has 3 rings (SSSR count). The molecule has 108 valence electrons. The maximum atomic E-state index is 9.44. The van der Waals surface area contributed by atoms with Crippen molar-refractivity contribution in [1.29, 1.82) is 5.26 Å². The molecule has 6 heteroatoms. The lowest BCUT2D eigenvalue weighted by Crippen LogP contribution is -2.19.